The van der Waals surface area contributed by atoms with Gasteiger partial charge in [-0.1, -0.05) is 5.16 Å². The van der Waals surface area contributed by atoms with Crippen LogP contribution >= 0.6 is 0 Å². The van der Waals surface area contributed by atoms with E-state index in [0.717, 1.165) is 0 Å². The van der Waals surface area contributed by atoms with Crippen LogP contribution in [0.4, 0.5) is 0 Å². The summed E-state index contributed by atoms with van der Waals surface area (Å²) in [6.45, 7) is 2.32. The van der Waals surface area contributed by atoms with Crippen molar-refractivity contribution in [2.24, 2.45) is 11.0 Å². The molecule has 28 heavy (non-hydrogen) atoms. The first-order valence-corrected chi connectivity index (χ1v) is 10.9. The molecule has 2 N–H and O–H groups in total. The molecule has 1 aromatic rings. The molecule has 11 nitrogen and oxygen atoms in total. The van der Waals surface area contributed by atoms with Crippen LogP contribution in [0.3, 0.4) is 0 Å². The Morgan fingerprint density at radius 2 is 2.18 bits per heavy atom. The van der Waals surface area contributed by atoms with E-state index in [1.165, 1.54) is 10.6 Å². The Bertz CT molecular complexity index is 956. The van der Waals surface area contributed by atoms with Crippen molar-refractivity contribution >= 4 is 27.5 Å². The summed E-state index contributed by atoms with van der Waals surface area (Å²) in [6, 6.07) is -0.174. The zero-order chi connectivity index (χ0) is 20.1. The summed E-state index contributed by atoms with van der Waals surface area (Å²) in [5, 5.41) is 10.7. The number of carbonyl (C=O) groups excluding carboxylic acids is 2. The van der Waals surface area contributed by atoms with E-state index < -0.39 is 15.4 Å². The van der Waals surface area contributed by atoms with Crippen LogP contribution in [0.15, 0.2) is 9.62 Å². The molecule has 0 bridgehead atoms. The van der Waals surface area contributed by atoms with E-state index in [1.54, 1.807) is 6.92 Å². The average Bonchev–Trinajstić information content (AvgIpc) is 3.27. The van der Waals surface area contributed by atoms with Gasteiger partial charge in [-0.3, -0.25) is 9.59 Å². The van der Waals surface area contributed by atoms with Crippen molar-refractivity contribution in [3.63, 3.8) is 0 Å². The van der Waals surface area contributed by atoms with Gasteiger partial charge in [0.1, 0.15) is 5.71 Å². The number of hydrazone groups is 1. The predicted molar refractivity (Wildman–Crippen MR) is 96.6 cm³/mol. The highest BCUT2D eigenvalue weighted by atomic mass is 32.2. The molecule has 2 amide bonds. The molecule has 12 heteroatoms. The molecule has 152 valence electrons. The van der Waals surface area contributed by atoms with Gasteiger partial charge < -0.3 is 9.84 Å². The van der Waals surface area contributed by atoms with Gasteiger partial charge >= 0.3 is 0 Å². The second-order valence-corrected chi connectivity index (χ2v) is 9.74. The largest absolute Gasteiger partial charge is 0.348 e. The second kappa shape index (κ2) is 6.62. The molecular weight excluding hydrogens is 388 g/mol. The van der Waals surface area contributed by atoms with Gasteiger partial charge in [0.2, 0.25) is 21.8 Å². The van der Waals surface area contributed by atoms with Crippen LogP contribution in [0.25, 0.3) is 0 Å². The van der Waals surface area contributed by atoms with Crippen molar-refractivity contribution in [2.75, 3.05) is 19.3 Å². The lowest BCUT2D eigenvalue weighted by Gasteiger charge is -2.25. The average molecular weight is 410 g/mol. The zero-order valence-electron chi connectivity index (χ0n) is 15.6. The molecule has 1 aromatic heterocycles. The number of amides is 2. The number of aryl methyl sites for hydroxylation is 1. The second-order valence-electron chi connectivity index (χ2n) is 7.76. The third kappa shape index (κ3) is 3.30. The first-order chi connectivity index (χ1) is 13.2. The Kier molecular flexibility index (Phi) is 4.49. The van der Waals surface area contributed by atoms with Crippen LogP contribution in [0.5, 0.6) is 0 Å². The van der Waals surface area contributed by atoms with E-state index in [0.29, 0.717) is 37.5 Å². The topological polar surface area (TPSA) is 147 Å². The van der Waals surface area contributed by atoms with Crippen molar-refractivity contribution in [1.82, 2.24) is 25.2 Å². The molecule has 1 unspecified atom stereocenters. The first kappa shape index (κ1) is 19.0. The maximum atomic E-state index is 12.5. The number of rotatable bonds is 4. The molecule has 1 saturated heterocycles. The molecule has 3 heterocycles. The van der Waals surface area contributed by atoms with E-state index in [-0.39, 0.29) is 42.5 Å². The summed E-state index contributed by atoms with van der Waals surface area (Å²) in [6.07, 6.45) is 2.81. The van der Waals surface area contributed by atoms with E-state index in [9.17, 15) is 18.0 Å². The van der Waals surface area contributed by atoms with E-state index in [1.807, 2.05) is 0 Å². The Hall–Kier alpha value is -2.34. The Morgan fingerprint density at radius 1 is 1.39 bits per heavy atom. The minimum absolute atomic E-state index is 0.0413. The summed E-state index contributed by atoms with van der Waals surface area (Å²) in [5.41, 5.74) is 1.99. The summed E-state index contributed by atoms with van der Waals surface area (Å²) in [4.78, 5) is 28.1. The predicted octanol–water partition coefficient (Wildman–Crippen LogP) is -0.948. The van der Waals surface area contributed by atoms with Gasteiger partial charge in [-0.25, -0.2) is 18.1 Å². The first-order valence-electron chi connectivity index (χ1n) is 9.09. The quantitative estimate of drug-likeness (QED) is 0.650. The SMILES string of the molecule is Cc1noc([C@]23C[C@H](NC(=O)C4=NNC(=O)CC4)CC2CN(S(C)(=O)=O)C3)n1. The third-order valence-corrected chi connectivity index (χ3v) is 6.98. The van der Waals surface area contributed by atoms with Crippen molar-refractivity contribution in [3.05, 3.63) is 11.7 Å². The molecule has 0 aromatic carbocycles. The smallest absolute Gasteiger partial charge is 0.267 e. The van der Waals surface area contributed by atoms with Gasteiger partial charge in [0.05, 0.1) is 11.7 Å². The lowest BCUT2D eigenvalue weighted by molar-refractivity contribution is -0.121. The lowest BCUT2D eigenvalue weighted by atomic mass is 9.80. The van der Waals surface area contributed by atoms with Crippen LogP contribution in [0.1, 0.15) is 37.4 Å². The molecule has 1 aliphatic carbocycles. The monoisotopic (exact) mass is 410 g/mol. The van der Waals surface area contributed by atoms with Crippen molar-refractivity contribution < 1.29 is 22.5 Å². The summed E-state index contributed by atoms with van der Waals surface area (Å²) in [5.74, 6) is 0.335. The maximum Gasteiger partial charge on any atom is 0.267 e. The number of sulfonamides is 1. The van der Waals surface area contributed by atoms with Crippen LogP contribution in [0, 0.1) is 12.8 Å². The summed E-state index contributed by atoms with van der Waals surface area (Å²) in [7, 11) is -3.35. The van der Waals surface area contributed by atoms with Gasteiger partial charge in [0, 0.05) is 32.0 Å². The molecular formula is C16H22N6O5S. The number of aromatic nitrogens is 2. The number of nitrogens with zero attached hydrogens (tertiary/aromatic N) is 4. The maximum absolute atomic E-state index is 12.5. The van der Waals surface area contributed by atoms with E-state index in [2.05, 4.69) is 26.0 Å². The highest BCUT2D eigenvalue weighted by Gasteiger charge is 2.59. The van der Waals surface area contributed by atoms with Crippen molar-refractivity contribution in [1.29, 1.82) is 0 Å². The van der Waals surface area contributed by atoms with Crippen molar-refractivity contribution in [3.8, 4) is 0 Å². The Labute approximate surface area is 162 Å². The lowest BCUT2D eigenvalue weighted by Crippen LogP contribution is -2.43. The fourth-order valence-corrected chi connectivity index (χ4v) is 5.34. The Balaban J connectivity index is 1.54. The third-order valence-electron chi connectivity index (χ3n) is 5.77. The van der Waals surface area contributed by atoms with Gasteiger partial charge in [0.15, 0.2) is 5.82 Å². The molecule has 0 spiro atoms. The molecule has 1 saturated carbocycles. The molecule has 4 rings (SSSR count). The standard InChI is InChI=1S/C16H22N6O5S/c1-9-17-15(27-21-9)16-6-11(5-10(16)7-22(8-16)28(2,25)26)18-14(24)12-3-4-13(23)20-19-12/h10-11H,3-8H2,1-2H3,(H,18,24)(H,20,23)/t10?,11-,16+/m1/s1. The number of hydrogen-bond donors (Lipinski definition) is 2. The minimum atomic E-state index is -3.35. The van der Waals surface area contributed by atoms with E-state index in [4.69, 9.17) is 4.52 Å². The number of nitrogens with one attached hydrogen (secondary N) is 2. The number of hydrogen-bond acceptors (Lipinski definition) is 8. The Morgan fingerprint density at radius 3 is 2.79 bits per heavy atom. The summed E-state index contributed by atoms with van der Waals surface area (Å²) >= 11 is 0. The highest BCUT2D eigenvalue weighted by Crippen LogP contribution is 2.50. The zero-order valence-corrected chi connectivity index (χ0v) is 16.5. The molecule has 2 fully saturated rings. The molecule has 3 atom stereocenters. The van der Waals surface area contributed by atoms with Gasteiger partial charge in [-0.15, -0.1) is 0 Å². The van der Waals surface area contributed by atoms with Crippen LogP contribution in [-0.2, 0) is 25.0 Å². The number of fused-ring (bicyclic) bond motifs is 1. The van der Waals surface area contributed by atoms with E-state index >= 15 is 0 Å². The normalized spacial score (nSPS) is 30.6. The molecule has 2 aliphatic heterocycles. The van der Waals surface area contributed by atoms with Crippen LogP contribution < -0.4 is 10.7 Å². The summed E-state index contributed by atoms with van der Waals surface area (Å²) < 4.78 is 31.0. The van der Waals surface area contributed by atoms with Crippen LogP contribution in [-0.4, -0.2) is 65.8 Å². The number of carbonyl (C=O) groups is 2. The van der Waals surface area contributed by atoms with Gasteiger partial charge in [-0.05, 0) is 25.7 Å². The molecule has 0 radical (unpaired) electrons. The minimum Gasteiger partial charge on any atom is -0.348 e. The fourth-order valence-electron chi connectivity index (χ4n) is 4.42. The van der Waals surface area contributed by atoms with Crippen molar-refractivity contribution in [2.45, 2.75) is 44.1 Å². The molecule has 3 aliphatic rings. The van der Waals surface area contributed by atoms with Crippen LogP contribution in [0.2, 0.25) is 0 Å². The van der Waals surface area contributed by atoms with Gasteiger partial charge in [0.25, 0.3) is 5.91 Å². The highest BCUT2D eigenvalue weighted by molar-refractivity contribution is 7.88. The van der Waals surface area contributed by atoms with Gasteiger partial charge in [-0.2, -0.15) is 10.1 Å². The fraction of sp³-hybridized carbons (Fsp3) is 0.688.